The molecule has 0 spiro atoms. The van der Waals surface area contributed by atoms with Crippen molar-refractivity contribution in [2.45, 2.75) is 25.4 Å². The van der Waals surface area contributed by atoms with Gasteiger partial charge in [0, 0.05) is 5.69 Å². The molecule has 1 aliphatic carbocycles. The minimum absolute atomic E-state index is 0.120. The van der Waals surface area contributed by atoms with Gasteiger partial charge in [-0.1, -0.05) is 18.2 Å². The van der Waals surface area contributed by atoms with Gasteiger partial charge in [0.2, 0.25) is 0 Å². The third-order valence-corrected chi connectivity index (χ3v) is 4.06. The molecule has 120 valence electrons. The van der Waals surface area contributed by atoms with Gasteiger partial charge >= 0.3 is 0 Å². The number of aryl methyl sites for hydroxylation is 2. The van der Waals surface area contributed by atoms with E-state index >= 15 is 0 Å². The van der Waals surface area contributed by atoms with E-state index in [4.69, 9.17) is 5.73 Å². The molecule has 0 fully saturated rings. The molecule has 2 aromatic rings. The van der Waals surface area contributed by atoms with E-state index in [1.54, 1.807) is 12.1 Å². The number of fused-ring (bicyclic) bond motifs is 1. The number of nitrogens with two attached hydrogens (primary N) is 1. The predicted octanol–water partition coefficient (Wildman–Crippen LogP) is 2.77. The van der Waals surface area contributed by atoms with Crippen LogP contribution in [0, 0.1) is 5.82 Å². The Balaban J connectivity index is 1.60. The van der Waals surface area contributed by atoms with E-state index in [1.807, 2.05) is 6.07 Å². The molecule has 4 nitrogen and oxygen atoms in total. The first-order valence-corrected chi connectivity index (χ1v) is 7.74. The first-order valence-electron chi connectivity index (χ1n) is 7.74. The largest absolute Gasteiger partial charge is 0.386 e. The Morgan fingerprint density at radius 2 is 1.91 bits per heavy atom. The molecule has 0 heterocycles. The summed E-state index contributed by atoms with van der Waals surface area (Å²) in [7, 11) is 0. The minimum Gasteiger partial charge on any atom is -0.386 e. The zero-order chi connectivity index (χ0) is 16.2. The number of hydrogen-bond donors (Lipinski definition) is 3. The SMILES string of the molecule is NC(=NC[C@@H](O)c1ccc(F)cc1)Nc1ccc2c(c1)CCC2. The molecule has 0 bridgehead atoms. The van der Waals surface area contributed by atoms with Gasteiger partial charge in [-0.15, -0.1) is 0 Å². The van der Waals surface area contributed by atoms with E-state index in [2.05, 4.69) is 22.4 Å². The summed E-state index contributed by atoms with van der Waals surface area (Å²) in [5, 5.41) is 13.1. The second-order valence-corrected chi connectivity index (χ2v) is 5.76. The molecular formula is C18H20FN3O. The van der Waals surface area contributed by atoms with Gasteiger partial charge < -0.3 is 16.2 Å². The van der Waals surface area contributed by atoms with Crippen LogP contribution in [-0.4, -0.2) is 17.6 Å². The van der Waals surface area contributed by atoms with Crippen LogP contribution in [0.1, 0.15) is 29.2 Å². The fourth-order valence-corrected chi connectivity index (χ4v) is 2.81. The lowest BCUT2D eigenvalue weighted by atomic mass is 10.1. The molecule has 0 amide bonds. The maximum Gasteiger partial charge on any atom is 0.193 e. The van der Waals surface area contributed by atoms with Crippen LogP contribution >= 0.6 is 0 Å². The van der Waals surface area contributed by atoms with Crippen LogP contribution in [0.4, 0.5) is 10.1 Å². The molecule has 0 saturated heterocycles. The van der Waals surface area contributed by atoms with Gasteiger partial charge in [-0.25, -0.2) is 4.39 Å². The fraction of sp³-hybridized carbons (Fsp3) is 0.278. The van der Waals surface area contributed by atoms with Crippen molar-refractivity contribution in [3.63, 3.8) is 0 Å². The Morgan fingerprint density at radius 3 is 2.70 bits per heavy atom. The van der Waals surface area contributed by atoms with Gasteiger partial charge in [-0.2, -0.15) is 0 Å². The van der Waals surface area contributed by atoms with E-state index in [9.17, 15) is 9.50 Å². The smallest absolute Gasteiger partial charge is 0.193 e. The van der Waals surface area contributed by atoms with Crippen molar-refractivity contribution in [1.82, 2.24) is 0 Å². The van der Waals surface area contributed by atoms with Gasteiger partial charge in [0.25, 0.3) is 0 Å². The highest BCUT2D eigenvalue weighted by Crippen LogP contribution is 2.24. The standard InChI is InChI=1S/C18H20FN3O/c19-15-7-4-13(5-8-15)17(23)11-21-18(20)22-16-9-6-12-2-1-3-14(12)10-16/h4-10,17,23H,1-3,11H2,(H3,20,21,22)/t17-/m1/s1. The van der Waals surface area contributed by atoms with Crippen LogP contribution in [0.2, 0.25) is 0 Å². The lowest BCUT2D eigenvalue weighted by Gasteiger charge is -2.10. The molecule has 23 heavy (non-hydrogen) atoms. The van der Waals surface area contributed by atoms with Gasteiger partial charge in [-0.05, 0) is 60.2 Å². The normalized spacial score (nSPS) is 15.3. The van der Waals surface area contributed by atoms with Crippen molar-refractivity contribution in [2.24, 2.45) is 10.7 Å². The first-order chi connectivity index (χ1) is 11.1. The van der Waals surface area contributed by atoms with Crippen LogP contribution in [0.25, 0.3) is 0 Å². The molecule has 5 heteroatoms. The molecule has 2 aromatic carbocycles. The van der Waals surface area contributed by atoms with Crippen molar-refractivity contribution >= 4 is 11.6 Å². The molecule has 0 radical (unpaired) electrons. The maximum atomic E-state index is 12.9. The third kappa shape index (κ3) is 3.87. The first kappa shape index (κ1) is 15.5. The summed E-state index contributed by atoms with van der Waals surface area (Å²) in [6.45, 7) is 0.120. The molecule has 0 aromatic heterocycles. The number of anilines is 1. The maximum absolute atomic E-state index is 12.9. The highest BCUT2D eigenvalue weighted by atomic mass is 19.1. The minimum atomic E-state index is -0.809. The van der Waals surface area contributed by atoms with Crippen LogP contribution in [0.15, 0.2) is 47.5 Å². The Hall–Kier alpha value is -2.40. The van der Waals surface area contributed by atoms with Crippen molar-refractivity contribution in [2.75, 3.05) is 11.9 Å². The number of halogens is 1. The van der Waals surface area contributed by atoms with Gasteiger partial charge in [-0.3, -0.25) is 4.99 Å². The molecule has 1 aliphatic rings. The number of aliphatic hydroxyl groups excluding tert-OH is 1. The molecule has 1 atom stereocenters. The van der Waals surface area contributed by atoms with Gasteiger partial charge in [0.1, 0.15) is 5.82 Å². The number of aliphatic imine (C=N–C) groups is 1. The number of nitrogens with zero attached hydrogens (tertiary/aromatic N) is 1. The second-order valence-electron chi connectivity index (χ2n) is 5.76. The molecule has 0 unspecified atom stereocenters. The van der Waals surface area contributed by atoms with E-state index < -0.39 is 6.10 Å². The van der Waals surface area contributed by atoms with Crippen LogP contribution < -0.4 is 11.1 Å². The predicted molar refractivity (Wildman–Crippen MR) is 89.9 cm³/mol. The summed E-state index contributed by atoms with van der Waals surface area (Å²) in [5.41, 5.74) is 10.1. The average Bonchev–Trinajstić information content (AvgIpc) is 3.01. The van der Waals surface area contributed by atoms with Crippen molar-refractivity contribution in [3.05, 3.63) is 65.0 Å². The number of guanidine groups is 1. The van der Waals surface area contributed by atoms with E-state index in [1.165, 1.54) is 29.7 Å². The summed E-state index contributed by atoms with van der Waals surface area (Å²) in [6, 6.07) is 11.9. The summed E-state index contributed by atoms with van der Waals surface area (Å²) < 4.78 is 12.9. The van der Waals surface area contributed by atoms with Crippen molar-refractivity contribution in [1.29, 1.82) is 0 Å². The molecule has 4 N–H and O–H groups in total. The third-order valence-electron chi connectivity index (χ3n) is 4.06. The molecule has 3 rings (SSSR count). The Morgan fingerprint density at radius 1 is 1.17 bits per heavy atom. The summed E-state index contributed by atoms with van der Waals surface area (Å²) in [5.74, 6) is -0.0775. The highest BCUT2D eigenvalue weighted by Gasteiger charge is 2.11. The van der Waals surface area contributed by atoms with Crippen LogP contribution in [0.5, 0.6) is 0 Å². The number of nitrogens with one attached hydrogen (secondary N) is 1. The number of hydrogen-bond acceptors (Lipinski definition) is 2. The lowest BCUT2D eigenvalue weighted by molar-refractivity contribution is 0.187. The number of benzene rings is 2. The quantitative estimate of drug-likeness (QED) is 0.600. The fourth-order valence-electron chi connectivity index (χ4n) is 2.81. The summed E-state index contributed by atoms with van der Waals surface area (Å²) in [4.78, 5) is 4.15. The highest BCUT2D eigenvalue weighted by molar-refractivity contribution is 5.92. The molecule has 0 aliphatic heterocycles. The zero-order valence-electron chi connectivity index (χ0n) is 12.8. The number of aliphatic hydroxyl groups is 1. The Labute approximate surface area is 134 Å². The van der Waals surface area contributed by atoms with Crippen LogP contribution in [0.3, 0.4) is 0 Å². The van der Waals surface area contributed by atoms with Gasteiger partial charge in [0.15, 0.2) is 5.96 Å². The van der Waals surface area contributed by atoms with E-state index in [0.29, 0.717) is 5.56 Å². The van der Waals surface area contributed by atoms with E-state index in [-0.39, 0.29) is 18.3 Å². The van der Waals surface area contributed by atoms with Crippen molar-refractivity contribution in [3.8, 4) is 0 Å². The molecular weight excluding hydrogens is 293 g/mol. The molecule has 0 saturated carbocycles. The van der Waals surface area contributed by atoms with Crippen molar-refractivity contribution < 1.29 is 9.50 Å². The average molecular weight is 313 g/mol. The lowest BCUT2D eigenvalue weighted by Crippen LogP contribution is -2.23. The topological polar surface area (TPSA) is 70.6 Å². The monoisotopic (exact) mass is 313 g/mol. The Bertz CT molecular complexity index is 713. The van der Waals surface area contributed by atoms with Crippen LogP contribution in [-0.2, 0) is 12.8 Å². The summed E-state index contributed by atoms with van der Waals surface area (Å²) >= 11 is 0. The van der Waals surface area contributed by atoms with E-state index in [0.717, 1.165) is 18.5 Å². The Kier molecular flexibility index (Phi) is 4.57. The van der Waals surface area contributed by atoms with Gasteiger partial charge in [0.05, 0.1) is 12.6 Å². The number of rotatable bonds is 4. The summed E-state index contributed by atoms with van der Waals surface area (Å²) in [6.07, 6.45) is 2.64. The second kappa shape index (κ2) is 6.79. The zero-order valence-corrected chi connectivity index (χ0v) is 12.8.